The van der Waals surface area contributed by atoms with E-state index in [0.717, 1.165) is 20.5 Å². The fraction of sp³-hybridized carbons (Fsp3) is 0.231. The number of rotatable bonds is 3. The van der Waals surface area contributed by atoms with Crippen LogP contribution in [0.15, 0.2) is 34.1 Å². The van der Waals surface area contributed by atoms with Gasteiger partial charge >= 0.3 is 0 Å². The van der Waals surface area contributed by atoms with E-state index in [0.29, 0.717) is 6.42 Å². The van der Waals surface area contributed by atoms with Gasteiger partial charge in [-0.15, -0.1) is 11.3 Å². The third-order valence-electron chi connectivity index (χ3n) is 2.67. The van der Waals surface area contributed by atoms with Crippen molar-refractivity contribution in [1.29, 1.82) is 0 Å². The van der Waals surface area contributed by atoms with Gasteiger partial charge in [-0.05, 0) is 57.6 Å². The quantitative estimate of drug-likeness (QED) is 0.898. The Morgan fingerprint density at radius 2 is 2.18 bits per heavy atom. The Kier molecular flexibility index (Phi) is 3.97. The minimum Gasteiger partial charge on any atom is -0.387 e. The summed E-state index contributed by atoms with van der Waals surface area (Å²) in [6, 6.07) is 6.57. The van der Waals surface area contributed by atoms with Crippen LogP contribution in [0, 0.1) is 12.7 Å². The van der Waals surface area contributed by atoms with Crippen molar-refractivity contribution in [2.45, 2.75) is 19.4 Å². The maximum Gasteiger partial charge on any atom is 0.123 e. The first kappa shape index (κ1) is 12.7. The Balaban J connectivity index is 2.19. The third kappa shape index (κ3) is 2.94. The van der Waals surface area contributed by atoms with Crippen LogP contribution < -0.4 is 0 Å². The van der Waals surface area contributed by atoms with Crippen LogP contribution in [0.1, 0.15) is 22.1 Å². The zero-order chi connectivity index (χ0) is 12.4. The second kappa shape index (κ2) is 5.29. The topological polar surface area (TPSA) is 20.2 Å². The van der Waals surface area contributed by atoms with Gasteiger partial charge in [0.15, 0.2) is 0 Å². The van der Waals surface area contributed by atoms with E-state index in [2.05, 4.69) is 15.9 Å². The van der Waals surface area contributed by atoms with E-state index < -0.39 is 6.10 Å². The molecule has 1 aromatic heterocycles. The molecule has 0 saturated heterocycles. The number of aliphatic hydroxyl groups is 1. The van der Waals surface area contributed by atoms with Gasteiger partial charge in [0.05, 0.1) is 6.10 Å². The Bertz CT molecular complexity index is 524. The molecule has 1 atom stereocenters. The van der Waals surface area contributed by atoms with Gasteiger partial charge in [-0.3, -0.25) is 0 Å². The summed E-state index contributed by atoms with van der Waals surface area (Å²) >= 11 is 4.92. The van der Waals surface area contributed by atoms with Crippen LogP contribution in [0.2, 0.25) is 0 Å². The number of hydrogen-bond acceptors (Lipinski definition) is 2. The van der Waals surface area contributed by atoms with Crippen molar-refractivity contribution in [3.8, 4) is 0 Å². The summed E-state index contributed by atoms with van der Waals surface area (Å²) in [5, 5.41) is 12.1. The number of aliphatic hydroxyl groups excluding tert-OH is 1. The summed E-state index contributed by atoms with van der Waals surface area (Å²) in [7, 11) is 0. The molecule has 1 N–H and O–H groups in total. The lowest BCUT2D eigenvalue weighted by Gasteiger charge is -2.11. The van der Waals surface area contributed by atoms with E-state index in [-0.39, 0.29) is 5.82 Å². The largest absolute Gasteiger partial charge is 0.387 e. The van der Waals surface area contributed by atoms with E-state index in [9.17, 15) is 9.50 Å². The summed E-state index contributed by atoms with van der Waals surface area (Å²) < 4.78 is 13.9. The molecule has 1 heterocycles. The highest BCUT2D eigenvalue weighted by atomic mass is 79.9. The van der Waals surface area contributed by atoms with Gasteiger partial charge in [0, 0.05) is 15.8 Å². The monoisotopic (exact) mass is 314 g/mol. The van der Waals surface area contributed by atoms with Gasteiger partial charge < -0.3 is 5.11 Å². The molecule has 17 heavy (non-hydrogen) atoms. The first-order valence-electron chi connectivity index (χ1n) is 5.24. The second-order valence-corrected chi connectivity index (χ2v) is 5.73. The zero-order valence-corrected chi connectivity index (χ0v) is 11.7. The highest BCUT2D eigenvalue weighted by Crippen LogP contribution is 2.31. The van der Waals surface area contributed by atoms with Gasteiger partial charge in [0.1, 0.15) is 5.82 Å². The molecule has 0 radical (unpaired) electrons. The van der Waals surface area contributed by atoms with E-state index >= 15 is 0 Å². The highest BCUT2D eigenvalue weighted by Gasteiger charge is 2.14. The molecule has 1 nitrogen and oxygen atoms in total. The molecule has 4 heteroatoms. The Morgan fingerprint density at radius 1 is 1.41 bits per heavy atom. The van der Waals surface area contributed by atoms with Crippen molar-refractivity contribution in [1.82, 2.24) is 0 Å². The van der Waals surface area contributed by atoms with Crippen LogP contribution in [0.4, 0.5) is 4.39 Å². The SMILES string of the molecule is Cc1cc(F)ccc1CC(O)c1sccc1Br. The summed E-state index contributed by atoms with van der Waals surface area (Å²) in [5.74, 6) is -0.238. The summed E-state index contributed by atoms with van der Waals surface area (Å²) in [6.07, 6.45) is -0.0425. The molecular weight excluding hydrogens is 303 g/mol. The van der Waals surface area contributed by atoms with Gasteiger partial charge in [-0.25, -0.2) is 4.39 Å². The number of halogens is 2. The molecule has 0 spiro atoms. The molecule has 0 aliphatic heterocycles. The Hall–Kier alpha value is -0.710. The Morgan fingerprint density at radius 3 is 2.76 bits per heavy atom. The molecule has 1 aromatic carbocycles. The standard InChI is InChI=1S/C13H12BrFOS/c1-8-6-10(15)3-2-9(8)7-12(16)13-11(14)4-5-17-13/h2-6,12,16H,7H2,1H3. The van der Waals surface area contributed by atoms with Crippen LogP contribution in [-0.2, 0) is 6.42 Å². The number of aryl methyl sites for hydroxylation is 1. The molecule has 2 aromatic rings. The third-order valence-corrected chi connectivity index (χ3v) is 4.64. The van der Waals surface area contributed by atoms with Crippen LogP contribution in [-0.4, -0.2) is 5.11 Å². The maximum atomic E-state index is 13.0. The minimum absolute atomic E-state index is 0.238. The minimum atomic E-state index is -0.548. The van der Waals surface area contributed by atoms with Crippen molar-refractivity contribution in [3.63, 3.8) is 0 Å². The maximum absolute atomic E-state index is 13.0. The number of thiophene rings is 1. The predicted octanol–water partition coefficient (Wildman–Crippen LogP) is 4.23. The average molecular weight is 315 g/mol. The van der Waals surface area contributed by atoms with Gasteiger partial charge in [-0.2, -0.15) is 0 Å². The van der Waals surface area contributed by atoms with Crippen molar-refractivity contribution in [2.75, 3.05) is 0 Å². The van der Waals surface area contributed by atoms with Gasteiger partial charge in [0.2, 0.25) is 0 Å². The number of benzene rings is 1. The lowest BCUT2D eigenvalue weighted by Crippen LogP contribution is -2.02. The highest BCUT2D eigenvalue weighted by molar-refractivity contribution is 9.10. The molecule has 2 rings (SSSR count). The van der Waals surface area contributed by atoms with Crippen LogP contribution >= 0.6 is 27.3 Å². The fourth-order valence-electron chi connectivity index (χ4n) is 1.73. The molecule has 1 unspecified atom stereocenters. The zero-order valence-electron chi connectivity index (χ0n) is 9.28. The van der Waals surface area contributed by atoms with Gasteiger partial charge in [0.25, 0.3) is 0 Å². The molecule has 90 valence electrons. The fourth-order valence-corrected chi connectivity index (χ4v) is 3.36. The van der Waals surface area contributed by atoms with Crippen molar-refractivity contribution >= 4 is 27.3 Å². The van der Waals surface area contributed by atoms with E-state index in [1.807, 2.05) is 18.4 Å². The first-order chi connectivity index (χ1) is 8.08. The lowest BCUT2D eigenvalue weighted by molar-refractivity contribution is 0.181. The van der Waals surface area contributed by atoms with E-state index in [1.54, 1.807) is 6.07 Å². The van der Waals surface area contributed by atoms with Crippen molar-refractivity contribution in [3.05, 3.63) is 55.9 Å². The van der Waals surface area contributed by atoms with E-state index in [1.165, 1.54) is 23.5 Å². The molecule has 0 saturated carbocycles. The molecular formula is C13H12BrFOS. The summed E-state index contributed by atoms with van der Waals surface area (Å²) in [6.45, 7) is 1.86. The average Bonchev–Trinajstić information content (AvgIpc) is 2.68. The summed E-state index contributed by atoms with van der Waals surface area (Å²) in [4.78, 5) is 0.911. The number of hydrogen-bond donors (Lipinski definition) is 1. The van der Waals surface area contributed by atoms with Crippen molar-refractivity contribution in [2.24, 2.45) is 0 Å². The lowest BCUT2D eigenvalue weighted by atomic mass is 10.0. The molecule has 0 fully saturated rings. The second-order valence-electron chi connectivity index (χ2n) is 3.92. The smallest absolute Gasteiger partial charge is 0.123 e. The molecule has 0 aliphatic carbocycles. The summed E-state index contributed by atoms with van der Waals surface area (Å²) in [5.41, 5.74) is 1.84. The molecule has 0 bridgehead atoms. The van der Waals surface area contributed by atoms with Crippen LogP contribution in [0.3, 0.4) is 0 Å². The van der Waals surface area contributed by atoms with Crippen molar-refractivity contribution < 1.29 is 9.50 Å². The van der Waals surface area contributed by atoms with Crippen LogP contribution in [0.5, 0.6) is 0 Å². The molecule has 0 aliphatic rings. The molecule has 0 amide bonds. The normalized spacial score (nSPS) is 12.7. The van der Waals surface area contributed by atoms with Gasteiger partial charge in [-0.1, -0.05) is 6.07 Å². The Labute approximate surface area is 112 Å². The first-order valence-corrected chi connectivity index (χ1v) is 6.91. The van der Waals surface area contributed by atoms with Crippen LogP contribution in [0.25, 0.3) is 0 Å². The van der Waals surface area contributed by atoms with E-state index in [4.69, 9.17) is 0 Å². The predicted molar refractivity (Wildman–Crippen MR) is 71.8 cm³/mol.